The predicted molar refractivity (Wildman–Crippen MR) is 80.0 cm³/mol. The molecule has 0 atom stereocenters. The van der Waals surface area contributed by atoms with Crippen LogP contribution in [-0.2, 0) is 7.05 Å². The Kier molecular flexibility index (Phi) is 6.64. The molecule has 0 fully saturated rings. The number of nitrogens with two attached hydrogens (primary N) is 1. The Hall–Kier alpha value is -1.60. The average Bonchev–Trinajstić information content (AvgIpc) is 2.94. The van der Waals surface area contributed by atoms with E-state index in [1.807, 2.05) is 20.2 Å². The number of aliphatic hydroxyl groups is 1. The second-order valence-corrected chi connectivity index (χ2v) is 5.04. The molecule has 2 rings (SSSR count). The molecule has 7 nitrogen and oxygen atoms in total. The summed E-state index contributed by atoms with van der Waals surface area (Å²) in [5.74, 6) is 0.890. The molecule has 0 saturated carbocycles. The molecule has 1 aliphatic heterocycles. The highest BCUT2D eigenvalue weighted by atomic mass is 35.5. The molecule has 0 radical (unpaired) electrons. The van der Waals surface area contributed by atoms with E-state index in [4.69, 9.17) is 10.8 Å². The van der Waals surface area contributed by atoms with Crippen molar-refractivity contribution in [1.82, 2.24) is 19.6 Å². The van der Waals surface area contributed by atoms with Crippen LogP contribution in [0.5, 0.6) is 0 Å². The van der Waals surface area contributed by atoms with E-state index in [-0.39, 0.29) is 19.0 Å². The Morgan fingerprint density at radius 2 is 2.00 bits per heavy atom. The number of nitrogens with zero attached hydrogens (tertiary/aromatic N) is 4. The molecule has 0 amide bonds. The number of aliphatic hydroxyl groups excluding tert-OH is 1. The first-order valence-corrected chi connectivity index (χ1v) is 6.92. The number of anilines is 2. The highest BCUT2D eigenvalue weighted by Crippen LogP contribution is 2.20. The SMILES string of the molecule is Cc1nn(C)c(NCCCN2C=CN(CCO)C2)c1N.[Cl-]. The normalized spacial score (nSPS) is 13.7. The number of halogens is 1. The third-order valence-electron chi connectivity index (χ3n) is 3.42. The van der Waals surface area contributed by atoms with Crippen LogP contribution in [0.1, 0.15) is 12.1 Å². The van der Waals surface area contributed by atoms with Crippen molar-refractivity contribution in [2.75, 3.05) is 44.0 Å². The summed E-state index contributed by atoms with van der Waals surface area (Å²) in [7, 11) is 1.89. The van der Waals surface area contributed by atoms with Gasteiger partial charge in [0, 0.05) is 39.1 Å². The van der Waals surface area contributed by atoms with Gasteiger partial charge in [0.1, 0.15) is 5.82 Å². The van der Waals surface area contributed by atoms with Gasteiger partial charge in [-0.3, -0.25) is 4.68 Å². The fourth-order valence-electron chi connectivity index (χ4n) is 2.31. The molecule has 21 heavy (non-hydrogen) atoms. The molecule has 4 N–H and O–H groups in total. The van der Waals surface area contributed by atoms with E-state index in [1.165, 1.54) is 0 Å². The maximum atomic E-state index is 8.88. The van der Waals surface area contributed by atoms with E-state index < -0.39 is 0 Å². The molecule has 8 heteroatoms. The van der Waals surface area contributed by atoms with Crippen LogP contribution in [0.4, 0.5) is 11.5 Å². The third-order valence-corrected chi connectivity index (χ3v) is 3.42. The Balaban J connectivity index is 0.00000220. The summed E-state index contributed by atoms with van der Waals surface area (Å²) in [6, 6.07) is 0. The molecule has 0 aliphatic carbocycles. The van der Waals surface area contributed by atoms with Gasteiger partial charge in [0.05, 0.1) is 24.7 Å². The molecule has 1 aliphatic rings. The first-order valence-electron chi connectivity index (χ1n) is 6.92. The minimum absolute atomic E-state index is 0. The number of nitrogen functional groups attached to an aromatic ring is 1. The lowest BCUT2D eigenvalue weighted by atomic mass is 10.3. The number of nitrogens with one attached hydrogen (secondary N) is 1. The first-order chi connectivity index (χ1) is 9.61. The lowest BCUT2D eigenvalue weighted by Gasteiger charge is -2.20. The van der Waals surface area contributed by atoms with Crippen LogP contribution in [0.15, 0.2) is 12.4 Å². The van der Waals surface area contributed by atoms with Gasteiger partial charge in [0.2, 0.25) is 0 Å². The van der Waals surface area contributed by atoms with Gasteiger partial charge in [-0.05, 0) is 13.3 Å². The summed E-state index contributed by atoms with van der Waals surface area (Å²) in [6.45, 7) is 5.48. The molecule has 2 heterocycles. The Bertz CT molecular complexity index is 475. The van der Waals surface area contributed by atoms with Gasteiger partial charge < -0.3 is 38.4 Å². The van der Waals surface area contributed by atoms with Gasteiger partial charge in [-0.2, -0.15) is 5.10 Å². The van der Waals surface area contributed by atoms with Crippen LogP contribution in [0.3, 0.4) is 0 Å². The average molecular weight is 316 g/mol. The van der Waals surface area contributed by atoms with Crippen LogP contribution in [0.2, 0.25) is 0 Å². The van der Waals surface area contributed by atoms with Crippen LogP contribution in [-0.4, -0.2) is 57.6 Å². The quantitative estimate of drug-likeness (QED) is 0.470. The molecule has 0 saturated heterocycles. The van der Waals surface area contributed by atoms with Crippen LogP contribution in [0.25, 0.3) is 0 Å². The summed E-state index contributed by atoms with van der Waals surface area (Å²) >= 11 is 0. The van der Waals surface area contributed by atoms with Crippen LogP contribution >= 0.6 is 0 Å². The minimum atomic E-state index is 0. The fraction of sp³-hybridized carbons (Fsp3) is 0.615. The number of hydrogen-bond acceptors (Lipinski definition) is 6. The molecule has 120 valence electrons. The maximum absolute atomic E-state index is 8.88. The van der Waals surface area contributed by atoms with Crippen molar-refractivity contribution < 1.29 is 17.5 Å². The number of aryl methyl sites for hydroxylation is 2. The minimum Gasteiger partial charge on any atom is -1.00 e. The van der Waals surface area contributed by atoms with E-state index in [2.05, 4.69) is 26.4 Å². The van der Waals surface area contributed by atoms with E-state index in [1.54, 1.807) is 4.68 Å². The standard InChI is InChI=1S/C13H24N6O.ClH/c1-11-12(14)13(17(2)16-11)15-4-3-5-18-6-7-19(10-18)8-9-20;/h6-7,15,20H,3-5,8-10,14H2,1-2H3;1H/p-1. The summed E-state index contributed by atoms with van der Waals surface area (Å²) in [5, 5.41) is 16.5. The zero-order chi connectivity index (χ0) is 14.5. The molecule has 0 unspecified atom stereocenters. The highest BCUT2D eigenvalue weighted by molar-refractivity contribution is 5.64. The molecular formula is C13H24ClN6O-. The molecule has 1 aromatic rings. The first kappa shape index (κ1) is 17.5. The van der Waals surface area contributed by atoms with E-state index in [0.717, 1.165) is 43.4 Å². The van der Waals surface area contributed by atoms with Crippen molar-refractivity contribution >= 4 is 11.5 Å². The number of rotatable bonds is 7. The van der Waals surface area contributed by atoms with Gasteiger partial charge in [-0.25, -0.2) is 0 Å². The van der Waals surface area contributed by atoms with Crippen molar-refractivity contribution in [3.63, 3.8) is 0 Å². The van der Waals surface area contributed by atoms with Gasteiger partial charge in [0.15, 0.2) is 0 Å². The van der Waals surface area contributed by atoms with E-state index >= 15 is 0 Å². The number of aromatic nitrogens is 2. The van der Waals surface area contributed by atoms with Crippen LogP contribution in [0, 0.1) is 6.92 Å². The Morgan fingerprint density at radius 1 is 1.33 bits per heavy atom. The van der Waals surface area contributed by atoms with Crippen molar-refractivity contribution in [3.8, 4) is 0 Å². The zero-order valence-electron chi connectivity index (χ0n) is 12.6. The topological polar surface area (TPSA) is 82.6 Å². The van der Waals surface area contributed by atoms with Crippen molar-refractivity contribution in [1.29, 1.82) is 0 Å². The molecule has 0 bridgehead atoms. The maximum Gasteiger partial charge on any atom is 0.147 e. The van der Waals surface area contributed by atoms with Crippen molar-refractivity contribution in [3.05, 3.63) is 18.1 Å². The van der Waals surface area contributed by atoms with Gasteiger partial charge >= 0.3 is 0 Å². The zero-order valence-corrected chi connectivity index (χ0v) is 13.3. The molecular weight excluding hydrogens is 292 g/mol. The summed E-state index contributed by atoms with van der Waals surface area (Å²) in [5.41, 5.74) is 7.54. The van der Waals surface area contributed by atoms with Gasteiger partial charge in [-0.1, -0.05) is 0 Å². The molecule has 1 aromatic heterocycles. The second kappa shape index (κ2) is 7.99. The smallest absolute Gasteiger partial charge is 0.147 e. The highest BCUT2D eigenvalue weighted by Gasteiger charge is 2.12. The summed E-state index contributed by atoms with van der Waals surface area (Å²) in [6.07, 6.45) is 5.10. The lowest BCUT2D eigenvalue weighted by molar-refractivity contribution is -0.00000551. The van der Waals surface area contributed by atoms with E-state index in [9.17, 15) is 0 Å². The van der Waals surface area contributed by atoms with Crippen molar-refractivity contribution in [2.24, 2.45) is 7.05 Å². The monoisotopic (exact) mass is 315 g/mol. The van der Waals surface area contributed by atoms with Crippen molar-refractivity contribution in [2.45, 2.75) is 13.3 Å². The van der Waals surface area contributed by atoms with Crippen LogP contribution < -0.4 is 23.5 Å². The predicted octanol–water partition coefficient (Wildman–Crippen LogP) is -2.84. The molecule has 0 spiro atoms. The lowest BCUT2D eigenvalue weighted by Crippen LogP contribution is -3.00. The second-order valence-electron chi connectivity index (χ2n) is 5.04. The summed E-state index contributed by atoms with van der Waals surface area (Å²) in [4.78, 5) is 4.32. The molecule has 0 aromatic carbocycles. The fourth-order valence-corrected chi connectivity index (χ4v) is 2.31. The Morgan fingerprint density at radius 3 is 2.57 bits per heavy atom. The Labute approximate surface area is 131 Å². The van der Waals surface area contributed by atoms with E-state index in [0.29, 0.717) is 6.54 Å². The third kappa shape index (κ3) is 4.44. The van der Waals surface area contributed by atoms with Gasteiger partial charge in [-0.15, -0.1) is 0 Å². The summed E-state index contributed by atoms with van der Waals surface area (Å²) < 4.78 is 1.78. The number of β-amino-alcohol motifs (C(OH)–C–C–N with tert-alkyl or cyclic N) is 1. The number of hydrogen-bond donors (Lipinski definition) is 3. The van der Waals surface area contributed by atoms with Gasteiger partial charge in [0.25, 0.3) is 0 Å². The largest absolute Gasteiger partial charge is 1.00 e.